The van der Waals surface area contributed by atoms with Gasteiger partial charge in [-0.3, -0.25) is 4.99 Å². The van der Waals surface area contributed by atoms with E-state index in [1.165, 1.54) is 0 Å². The Morgan fingerprint density at radius 2 is 2.25 bits per heavy atom. The standard InChI is InChI=1S/C5H10ClN3O2S/c1-2-3-8-5(4-9-7)12(6,10)11/h4H,2-3,7H2,1H3/b8-5?,9-4-. The highest BCUT2D eigenvalue weighted by Gasteiger charge is 2.12. The summed E-state index contributed by atoms with van der Waals surface area (Å²) in [7, 11) is 1.20. The van der Waals surface area contributed by atoms with Crippen LogP contribution in [0.1, 0.15) is 13.3 Å². The van der Waals surface area contributed by atoms with Crippen LogP contribution in [0.25, 0.3) is 0 Å². The topological polar surface area (TPSA) is 84.9 Å². The second kappa shape index (κ2) is 5.10. The summed E-state index contributed by atoms with van der Waals surface area (Å²) < 4.78 is 21.4. The summed E-state index contributed by atoms with van der Waals surface area (Å²) in [5, 5.41) is 2.74. The van der Waals surface area contributed by atoms with Crippen molar-refractivity contribution in [3.63, 3.8) is 0 Å². The van der Waals surface area contributed by atoms with Crippen molar-refractivity contribution in [2.24, 2.45) is 15.9 Å². The highest BCUT2D eigenvalue weighted by molar-refractivity contribution is 8.26. The van der Waals surface area contributed by atoms with Crippen molar-refractivity contribution in [2.45, 2.75) is 13.3 Å². The molecule has 2 N–H and O–H groups in total. The van der Waals surface area contributed by atoms with Crippen molar-refractivity contribution >= 4 is 31.0 Å². The molecule has 12 heavy (non-hydrogen) atoms. The monoisotopic (exact) mass is 211 g/mol. The molecule has 70 valence electrons. The lowest BCUT2D eigenvalue weighted by molar-refractivity contribution is 0.619. The van der Waals surface area contributed by atoms with Gasteiger partial charge in [0, 0.05) is 17.2 Å². The van der Waals surface area contributed by atoms with Crippen molar-refractivity contribution < 1.29 is 8.42 Å². The predicted molar refractivity (Wildman–Crippen MR) is 50.0 cm³/mol. The molecule has 0 aliphatic heterocycles. The fraction of sp³-hybridized carbons (Fsp3) is 0.600. The molecule has 7 heteroatoms. The van der Waals surface area contributed by atoms with Crippen molar-refractivity contribution in [1.82, 2.24) is 0 Å². The number of hydrazone groups is 1. The number of nitrogens with two attached hydrogens (primary N) is 1. The van der Waals surface area contributed by atoms with Gasteiger partial charge in [0.05, 0.1) is 6.21 Å². The summed E-state index contributed by atoms with van der Waals surface area (Å²) in [5.74, 6) is 4.76. The smallest absolute Gasteiger partial charge is 0.279 e. The quantitative estimate of drug-likeness (QED) is 0.240. The molecule has 0 aliphatic rings. The van der Waals surface area contributed by atoms with Crippen LogP contribution in [0.5, 0.6) is 0 Å². The maximum absolute atomic E-state index is 10.7. The first kappa shape index (κ1) is 11.4. The summed E-state index contributed by atoms with van der Waals surface area (Å²) in [6.45, 7) is 2.24. The van der Waals surface area contributed by atoms with Gasteiger partial charge in [0.25, 0.3) is 9.05 Å². The Morgan fingerprint density at radius 1 is 1.67 bits per heavy atom. The molecule has 0 fully saturated rings. The Morgan fingerprint density at radius 3 is 2.58 bits per heavy atom. The summed E-state index contributed by atoms with van der Waals surface area (Å²) in [6.07, 6.45) is 1.65. The van der Waals surface area contributed by atoms with Gasteiger partial charge in [0.1, 0.15) is 0 Å². The van der Waals surface area contributed by atoms with E-state index in [0.717, 1.165) is 12.6 Å². The minimum absolute atomic E-state index is 0.298. The summed E-state index contributed by atoms with van der Waals surface area (Å²) in [6, 6.07) is 0. The van der Waals surface area contributed by atoms with Gasteiger partial charge in [-0.2, -0.15) is 5.10 Å². The zero-order valence-electron chi connectivity index (χ0n) is 6.57. The van der Waals surface area contributed by atoms with Crippen LogP contribution in [-0.4, -0.2) is 26.2 Å². The lowest BCUT2D eigenvalue weighted by Crippen LogP contribution is -2.11. The van der Waals surface area contributed by atoms with Crippen molar-refractivity contribution in [2.75, 3.05) is 6.54 Å². The summed E-state index contributed by atoms with van der Waals surface area (Å²) >= 11 is 0. The second-order valence-corrected chi connectivity index (χ2v) is 4.45. The molecule has 0 saturated carbocycles. The second-order valence-electron chi connectivity index (χ2n) is 1.94. The van der Waals surface area contributed by atoms with Gasteiger partial charge >= 0.3 is 0 Å². The average Bonchev–Trinajstić information content (AvgIpc) is 1.95. The molecule has 0 spiro atoms. The van der Waals surface area contributed by atoms with Crippen molar-refractivity contribution in [3.8, 4) is 0 Å². The minimum atomic E-state index is -3.81. The van der Waals surface area contributed by atoms with Crippen molar-refractivity contribution in [3.05, 3.63) is 0 Å². The van der Waals surface area contributed by atoms with E-state index in [9.17, 15) is 8.42 Å². The zero-order valence-corrected chi connectivity index (χ0v) is 8.14. The Bertz CT molecular complexity index is 283. The van der Waals surface area contributed by atoms with E-state index < -0.39 is 9.05 Å². The van der Waals surface area contributed by atoms with E-state index in [2.05, 4.69) is 10.1 Å². The normalized spacial score (nSPS) is 14.0. The van der Waals surface area contributed by atoms with Crippen LogP contribution in [-0.2, 0) is 9.05 Å². The molecular formula is C5H10ClN3O2S. The van der Waals surface area contributed by atoms with Crippen LogP contribution in [0.4, 0.5) is 0 Å². The number of aliphatic imine (C=N–C) groups is 1. The zero-order chi connectivity index (χ0) is 9.61. The Hall–Kier alpha value is -0.620. The lowest BCUT2D eigenvalue weighted by Gasteiger charge is -1.93. The molecule has 0 aromatic carbocycles. The molecule has 0 aliphatic carbocycles. The maximum atomic E-state index is 10.7. The maximum Gasteiger partial charge on any atom is 0.279 e. The van der Waals surface area contributed by atoms with Crippen LogP contribution >= 0.6 is 10.7 Å². The van der Waals surface area contributed by atoms with Gasteiger partial charge in [-0.1, -0.05) is 6.92 Å². The molecule has 0 saturated heterocycles. The third-order valence-corrected chi connectivity index (χ3v) is 2.13. The lowest BCUT2D eigenvalue weighted by atomic mass is 10.5. The molecule has 5 nitrogen and oxygen atoms in total. The Balaban J connectivity index is 4.68. The largest absolute Gasteiger partial charge is 0.323 e. The Labute approximate surface area is 75.7 Å². The SMILES string of the molecule is CCCN=C(/C=N\N)S(=O)(=O)Cl. The van der Waals surface area contributed by atoms with Crippen LogP contribution in [0.15, 0.2) is 10.1 Å². The van der Waals surface area contributed by atoms with Crippen LogP contribution < -0.4 is 5.84 Å². The van der Waals surface area contributed by atoms with Crippen molar-refractivity contribution in [1.29, 1.82) is 0 Å². The Kier molecular flexibility index (Phi) is 4.84. The predicted octanol–water partition coefficient (Wildman–Crippen LogP) is 0.308. The molecule has 0 radical (unpaired) electrons. The van der Waals surface area contributed by atoms with Gasteiger partial charge in [-0.25, -0.2) is 8.42 Å². The minimum Gasteiger partial charge on any atom is -0.323 e. The molecular weight excluding hydrogens is 202 g/mol. The van der Waals surface area contributed by atoms with E-state index >= 15 is 0 Å². The fourth-order valence-electron chi connectivity index (χ4n) is 0.467. The number of nitrogens with zero attached hydrogens (tertiary/aromatic N) is 2. The highest BCUT2D eigenvalue weighted by atomic mass is 35.7. The number of rotatable bonds is 3. The first-order chi connectivity index (χ1) is 5.52. The molecule has 0 atom stereocenters. The van der Waals surface area contributed by atoms with E-state index in [-0.39, 0.29) is 5.04 Å². The highest BCUT2D eigenvalue weighted by Crippen LogP contribution is 1.99. The number of hydrogen-bond donors (Lipinski definition) is 1. The average molecular weight is 212 g/mol. The third kappa shape index (κ3) is 4.30. The van der Waals surface area contributed by atoms with Gasteiger partial charge < -0.3 is 5.84 Å². The van der Waals surface area contributed by atoms with Crippen LogP contribution in [0, 0.1) is 0 Å². The summed E-state index contributed by atoms with van der Waals surface area (Å²) in [5.41, 5.74) is 0. The van der Waals surface area contributed by atoms with E-state index in [0.29, 0.717) is 6.54 Å². The molecule has 0 rings (SSSR count). The number of halogens is 1. The first-order valence-electron chi connectivity index (χ1n) is 3.24. The molecule has 0 aromatic heterocycles. The molecule has 0 amide bonds. The first-order valence-corrected chi connectivity index (χ1v) is 5.55. The van der Waals surface area contributed by atoms with E-state index in [4.69, 9.17) is 16.5 Å². The van der Waals surface area contributed by atoms with Gasteiger partial charge in [-0.05, 0) is 6.42 Å². The number of hydrogen-bond acceptors (Lipinski definition) is 5. The molecule has 0 bridgehead atoms. The fourth-order valence-corrected chi connectivity index (χ4v) is 1.16. The molecule has 0 unspecified atom stereocenters. The van der Waals surface area contributed by atoms with Gasteiger partial charge in [-0.15, -0.1) is 0 Å². The van der Waals surface area contributed by atoms with Gasteiger partial charge in [0.15, 0.2) is 5.04 Å². The molecule has 0 aromatic rings. The van der Waals surface area contributed by atoms with Crippen LogP contribution in [0.3, 0.4) is 0 Å². The van der Waals surface area contributed by atoms with Crippen LogP contribution in [0.2, 0.25) is 0 Å². The van der Waals surface area contributed by atoms with E-state index in [1.807, 2.05) is 6.92 Å². The molecule has 0 heterocycles. The van der Waals surface area contributed by atoms with Gasteiger partial charge in [0.2, 0.25) is 0 Å². The summed E-state index contributed by atoms with van der Waals surface area (Å²) in [4.78, 5) is 3.67. The third-order valence-electron chi connectivity index (χ3n) is 0.926. The van der Waals surface area contributed by atoms with E-state index in [1.54, 1.807) is 0 Å².